The van der Waals surface area contributed by atoms with Crippen LogP contribution in [0.15, 0.2) is 54.7 Å². The molecule has 4 rings (SSSR count). The van der Waals surface area contributed by atoms with Gasteiger partial charge in [0.15, 0.2) is 0 Å². The first-order valence-corrected chi connectivity index (χ1v) is 11.1. The molecule has 0 atom stereocenters. The molecule has 0 aliphatic heterocycles. The van der Waals surface area contributed by atoms with E-state index >= 15 is 0 Å². The number of primary amides is 1. The number of nitrogens with one attached hydrogen (secondary N) is 2. The van der Waals surface area contributed by atoms with E-state index in [1.165, 1.54) is 6.20 Å². The van der Waals surface area contributed by atoms with Crippen LogP contribution in [0.5, 0.6) is 0 Å². The maximum Gasteiger partial charge on any atom is 0.250 e. The Morgan fingerprint density at radius 2 is 2.03 bits per heavy atom. The lowest BCUT2D eigenvalue weighted by Crippen LogP contribution is -2.11. The lowest BCUT2D eigenvalue weighted by Gasteiger charge is -2.07. The molecular weight excluding hydrogens is 464 g/mol. The van der Waals surface area contributed by atoms with E-state index < -0.39 is 5.91 Å². The Morgan fingerprint density at radius 3 is 2.80 bits per heavy atom. The summed E-state index contributed by atoms with van der Waals surface area (Å²) in [7, 11) is 0. The molecule has 0 saturated heterocycles. The third kappa shape index (κ3) is 5.44. The van der Waals surface area contributed by atoms with Crippen molar-refractivity contribution in [3.8, 4) is 34.5 Å². The smallest absolute Gasteiger partial charge is 0.250 e. The zero-order chi connectivity index (χ0) is 24.9. The summed E-state index contributed by atoms with van der Waals surface area (Å²) >= 11 is 6.20. The molecule has 35 heavy (non-hydrogen) atoms. The molecule has 0 spiro atoms. The predicted molar refractivity (Wildman–Crippen MR) is 138 cm³/mol. The van der Waals surface area contributed by atoms with Crippen molar-refractivity contribution in [3.05, 3.63) is 82.0 Å². The molecule has 7 N–H and O–H groups in total. The van der Waals surface area contributed by atoms with Crippen molar-refractivity contribution in [2.75, 3.05) is 24.2 Å². The molecule has 0 aliphatic rings. The molecule has 4 aromatic rings. The van der Waals surface area contributed by atoms with Crippen LogP contribution < -0.4 is 16.8 Å². The normalized spacial score (nSPS) is 10.5. The van der Waals surface area contributed by atoms with Gasteiger partial charge in [0.05, 0.1) is 29.1 Å². The Bertz CT molecular complexity index is 1470. The van der Waals surface area contributed by atoms with E-state index in [2.05, 4.69) is 32.1 Å². The summed E-state index contributed by atoms with van der Waals surface area (Å²) in [5.41, 5.74) is 17.1. The van der Waals surface area contributed by atoms with E-state index in [4.69, 9.17) is 28.2 Å². The number of aryl methyl sites for hydroxylation is 1. The van der Waals surface area contributed by atoms with Gasteiger partial charge in [-0.05, 0) is 48.9 Å². The van der Waals surface area contributed by atoms with Gasteiger partial charge in [0.1, 0.15) is 5.69 Å². The summed E-state index contributed by atoms with van der Waals surface area (Å²) in [5.74, 6) is 5.67. The standard InChI is InChI=1S/C26H23ClN6O2/c1-15-5-8-18(27)12-20(15)24-21(25(28)35)13-22(32-24)23-17(14-31-26(29)33-23)7-6-16-3-2-4-19(11-16)30-9-10-34/h2-5,8,11-14,30,32,34H,9-10H2,1H3,(H2,28,35)(H2,29,31,33). The second kappa shape index (κ2) is 10.3. The lowest BCUT2D eigenvalue weighted by atomic mass is 10.0. The van der Waals surface area contributed by atoms with Gasteiger partial charge in [-0.25, -0.2) is 9.97 Å². The number of aromatic amines is 1. The fraction of sp³-hybridized carbons (Fsp3) is 0.115. The number of nitrogens with zero attached hydrogens (tertiary/aromatic N) is 2. The number of rotatable bonds is 6. The number of hydrogen-bond acceptors (Lipinski definition) is 6. The van der Waals surface area contributed by atoms with Gasteiger partial charge < -0.3 is 26.9 Å². The number of nitrogen functional groups attached to an aromatic ring is 1. The Morgan fingerprint density at radius 1 is 1.20 bits per heavy atom. The van der Waals surface area contributed by atoms with Crippen LogP contribution in [0.2, 0.25) is 5.02 Å². The Balaban J connectivity index is 1.79. The number of anilines is 2. The minimum absolute atomic E-state index is 0.0299. The van der Waals surface area contributed by atoms with Crippen LogP contribution >= 0.6 is 11.6 Å². The van der Waals surface area contributed by atoms with Gasteiger partial charge >= 0.3 is 0 Å². The van der Waals surface area contributed by atoms with Crippen molar-refractivity contribution in [1.29, 1.82) is 0 Å². The zero-order valence-electron chi connectivity index (χ0n) is 18.9. The average molecular weight is 487 g/mol. The summed E-state index contributed by atoms with van der Waals surface area (Å²) in [6.45, 7) is 2.39. The molecule has 1 amide bonds. The molecule has 0 aliphatic carbocycles. The minimum atomic E-state index is -0.594. The van der Waals surface area contributed by atoms with Crippen LogP contribution in [0.1, 0.15) is 27.0 Å². The van der Waals surface area contributed by atoms with Crippen molar-refractivity contribution in [2.24, 2.45) is 5.73 Å². The van der Waals surface area contributed by atoms with E-state index in [1.54, 1.807) is 18.2 Å². The topological polar surface area (TPSA) is 143 Å². The Hall–Kier alpha value is -4.32. The van der Waals surface area contributed by atoms with E-state index in [0.29, 0.717) is 39.8 Å². The average Bonchev–Trinajstić information content (AvgIpc) is 3.29. The van der Waals surface area contributed by atoms with Gasteiger partial charge in [-0.15, -0.1) is 0 Å². The van der Waals surface area contributed by atoms with E-state index in [1.807, 2.05) is 37.3 Å². The number of aromatic nitrogens is 3. The van der Waals surface area contributed by atoms with Gasteiger partial charge in [-0.3, -0.25) is 4.79 Å². The first kappa shape index (κ1) is 23.8. The number of carbonyl (C=O) groups excluding carboxylic acids is 1. The van der Waals surface area contributed by atoms with Crippen molar-refractivity contribution in [2.45, 2.75) is 6.92 Å². The molecule has 2 heterocycles. The summed E-state index contributed by atoms with van der Waals surface area (Å²) < 4.78 is 0. The second-order valence-electron chi connectivity index (χ2n) is 7.77. The molecule has 176 valence electrons. The first-order valence-electron chi connectivity index (χ1n) is 10.7. The van der Waals surface area contributed by atoms with E-state index in [9.17, 15) is 4.79 Å². The van der Waals surface area contributed by atoms with Crippen LogP contribution in [-0.2, 0) is 0 Å². The number of carbonyl (C=O) groups is 1. The molecule has 0 saturated carbocycles. The summed E-state index contributed by atoms with van der Waals surface area (Å²) in [6.07, 6.45) is 1.54. The predicted octanol–water partition coefficient (Wildman–Crippen LogP) is 3.59. The monoisotopic (exact) mass is 486 g/mol. The summed E-state index contributed by atoms with van der Waals surface area (Å²) in [6, 6.07) is 14.6. The van der Waals surface area contributed by atoms with Gasteiger partial charge in [0.2, 0.25) is 5.95 Å². The van der Waals surface area contributed by atoms with Crippen LogP contribution in [-0.4, -0.2) is 39.1 Å². The van der Waals surface area contributed by atoms with Gasteiger partial charge in [0, 0.05) is 34.6 Å². The molecule has 9 heteroatoms. The fourth-order valence-electron chi connectivity index (χ4n) is 3.59. The van der Waals surface area contributed by atoms with E-state index in [0.717, 1.165) is 22.4 Å². The maximum absolute atomic E-state index is 12.3. The number of aliphatic hydroxyl groups excluding tert-OH is 1. The molecule has 0 fully saturated rings. The number of amides is 1. The SMILES string of the molecule is Cc1ccc(Cl)cc1-c1[nH]c(-c2nc(N)ncc2C#Cc2cccc(NCCO)c2)cc1C(N)=O. The third-order valence-electron chi connectivity index (χ3n) is 5.26. The molecule has 0 radical (unpaired) electrons. The van der Waals surface area contributed by atoms with Crippen LogP contribution in [0.3, 0.4) is 0 Å². The van der Waals surface area contributed by atoms with Crippen molar-refractivity contribution in [3.63, 3.8) is 0 Å². The Labute approximate surface area is 207 Å². The number of aliphatic hydroxyl groups is 1. The summed E-state index contributed by atoms with van der Waals surface area (Å²) in [4.78, 5) is 24.0. The van der Waals surface area contributed by atoms with Crippen molar-refractivity contribution in [1.82, 2.24) is 15.0 Å². The maximum atomic E-state index is 12.3. The number of halogens is 1. The van der Waals surface area contributed by atoms with Crippen molar-refractivity contribution >= 4 is 29.1 Å². The Kier molecular flexibility index (Phi) is 7.01. The molecule has 0 unspecified atom stereocenters. The van der Waals surface area contributed by atoms with Crippen LogP contribution in [0, 0.1) is 18.8 Å². The van der Waals surface area contributed by atoms with Gasteiger partial charge in [0.25, 0.3) is 5.91 Å². The van der Waals surface area contributed by atoms with Gasteiger partial charge in [-0.2, -0.15) is 0 Å². The number of benzene rings is 2. The minimum Gasteiger partial charge on any atom is -0.395 e. The van der Waals surface area contributed by atoms with Crippen LogP contribution in [0.25, 0.3) is 22.6 Å². The highest BCUT2D eigenvalue weighted by atomic mass is 35.5. The molecule has 8 nitrogen and oxygen atoms in total. The highest BCUT2D eigenvalue weighted by Crippen LogP contribution is 2.33. The zero-order valence-corrected chi connectivity index (χ0v) is 19.6. The fourth-order valence-corrected chi connectivity index (χ4v) is 3.76. The first-order chi connectivity index (χ1) is 16.9. The number of hydrogen-bond donors (Lipinski definition) is 5. The largest absolute Gasteiger partial charge is 0.395 e. The third-order valence-corrected chi connectivity index (χ3v) is 5.49. The highest BCUT2D eigenvalue weighted by Gasteiger charge is 2.19. The molecule has 2 aromatic carbocycles. The van der Waals surface area contributed by atoms with E-state index in [-0.39, 0.29) is 12.6 Å². The molecular formula is C26H23ClN6O2. The molecule has 0 bridgehead atoms. The van der Waals surface area contributed by atoms with Gasteiger partial charge in [-0.1, -0.05) is 35.6 Å². The summed E-state index contributed by atoms with van der Waals surface area (Å²) in [5, 5.41) is 12.7. The number of nitrogens with two attached hydrogens (primary N) is 2. The highest BCUT2D eigenvalue weighted by molar-refractivity contribution is 6.31. The number of H-pyrrole nitrogens is 1. The van der Waals surface area contributed by atoms with Crippen LogP contribution in [0.4, 0.5) is 11.6 Å². The molecule has 2 aromatic heterocycles. The van der Waals surface area contributed by atoms with Crippen molar-refractivity contribution < 1.29 is 9.90 Å². The quantitative estimate of drug-likeness (QED) is 0.263. The lowest BCUT2D eigenvalue weighted by molar-refractivity contribution is 0.100. The second-order valence-corrected chi connectivity index (χ2v) is 8.20.